The molecule has 0 fully saturated rings. The maximum atomic E-state index is 13.0. The molecule has 1 heterocycles. The number of rotatable bonds is 7. The normalized spacial score (nSPS) is 11.2. The van der Waals surface area contributed by atoms with Gasteiger partial charge in [-0.2, -0.15) is 23.1 Å². The van der Waals surface area contributed by atoms with Crippen LogP contribution in [0.1, 0.15) is 0 Å². The summed E-state index contributed by atoms with van der Waals surface area (Å²) in [6, 6.07) is 22.2. The summed E-state index contributed by atoms with van der Waals surface area (Å²) in [4.78, 5) is 3.89. The molecule has 0 atom stereocenters. The molecule has 4 aromatic rings. The molecule has 3 aromatic carbocycles. The van der Waals surface area contributed by atoms with Crippen LogP contribution in [0.5, 0.6) is 11.5 Å². The van der Waals surface area contributed by atoms with Crippen LogP contribution >= 0.6 is 11.6 Å². The highest BCUT2D eigenvalue weighted by Crippen LogP contribution is 2.35. The summed E-state index contributed by atoms with van der Waals surface area (Å²) in [6.07, 6.45) is 0. The summed E-state index contributed by atoms with van der Waals surface area (Å²) < 4.78 is 36.9. The van der Waals surface area contributed by atoms with Crippen LogP contribution < -0.4 is 14.3 Å². The molecule has 164 valence electrons. The van der Waals surface area contributed by atoms with Crippen molar-refractivity contribution >= 4 is 21.6 Å². The minimum atomic E-state index is -3.90. The lowest BCUT2D eigenvalue weighted by Crippen LogP contribution is -2.25. The maximum Gasteiger partial charge on any atom is 0.276 e. The van der Waals surface area contributed by atoms with Crippen molar-refractivity contribution < 1.29 is 17.9 Å². The van der Waals surface area contributed by atoms with Crippen LogP contribution in [0.3, 0.4) is 0 Å². The van der Waals surface area contributed by atoms with Gasteiger partial charge in [-0.05, 0) is 48.5 Å². The third-order valence-electron chi connectivity index (χ3n) is 4.79. The summed E-state index contributed by atoms with van der Waals surface area (Å²) in [5.41, 5.74) is 2.41. The molecule has 0 aliphatic carbocycles. The summed E-state index contributed by atoms with van der Waals surface area (Å²) in [7, 11) is -0.800. The van der Waals surface area contributed by atoms with Gasteiger partial charge in [-0.1, -0.05) is 41.9 Å². The Morgan fingerprint density at radius 2 is 1.62 bits per heavy atom. The Labute approximate surface area is 191 Å². The van der Waals surface area contributed by atoms with E-state index < -0.39 is 10.0 Å². The van der Waals surface area contributed by atoms with E-state index >= 15 is 0 Å². The van der Waals surface area contributed by atoms with E-state index in [1.807, 2.05) is 12.1 Å². The number of hydrogen-bond acceptors (Lipinski definition) is 5. The second-order valence-electron chi connectivity index (χ2n) is 6.81. The van der Waals surface area contributed by atoms with Crippen molar-refractivity contribution in [3.05, 3.63) is 83.9 Å². The lowest BCUT2D eigenvalue weighted by atomic mass is 10.1. The van der Waals surface area contributed by atoms with E-state index in [0.717, 1.165) is 5.56 Å². The van der Waals surface area contributed by atoms with Crippen LogP contribution in [0, 0.1) is 0 Å². The number of aromatic nitrogens is 2. The lowest BCUT2D eigenvalue weighted by molar-refractivity contribution is 0.404. The van der Waals surface area contributed by atoms with E-state index in [2.05, 4.69) is 9.93 Å². The van der Waals surface area contributed by atoms with Gasteiger partial charge in [-0.15, -0.1) is 0 Å². The zero-order valence-corrected chi connectivity index (χ0v) is 18.9. The van der Waals surface area contributed by atoms with Gasteiger partial charge in [0.15, 0.2) is 0 Å². The molecule has 0 amide bonds. The highest BCUT2D eigenvalue weighted by atomic mass is 35.5. The van der Waals surface area contributed by atoms with Crippen LogP contribution in [-0.4, -0.2) is 32.5 Å². The lowest BCUT2D eigenvalue weighted by Gasteiger charge is -2.14. The molecule has 0 unspecified atom stereocenters. The Morgan fingerprint density at radius 1 is 0.906 bits per heavy atom. The molecule has 0 spiro atoms. The standard InChI is InChI=1S/C23H20ClN3O4S/c1-30-18-12-13-23(31-2)20(14-18)22-15-21(16-8-10-17(24)11-9-16)25-27(22)26-32(28,29)19-6-4-3-5-7-19/h3-15,26H,1-2H3. The minimum absolute atomic E-state index is 0.118. The van der Waals surface area contributed by atoms with E-state index in [1.165, 1.54) is 16.9 Å². The zero-order valence-electron chi connectivity index (χ0n) is 17.3. The quantitative estimate of drug-likeness (QED) is 0.419. The van der Waals surface area contributed by atoms with Gasteiger partial charge in [0.25, 0.3) is 10.0 Å². The van der Waals surface area contributed by atoms with Gasteiger partial charge < -0.3 is 9.47 Å². The molecule has 0 saturated heterocycles. The molecule has 0 saturated carbocycles. The third kappa shape index (κ3) is 4.42. The molecule has 0 bridgehead atoms. The minimum Gasteiger partial charge on any atom is -0.497 e. The van der Waals surface area contributed by atoms with E-state index in [0.29, 0.717) is 33.5 Å². The first-order valence-corrected chi connectivity index (χ1v) is 11.4. The number of benzene rings is 3. The summed E-state index contributed by atoms with van der Waals surface area (Å²) >= 11 is 6.01. The van der Waals surface area contributed by atoms with Crippen LogP contribution in [0.4, 0.5) is 0 Å². The number of nitrogens with one attached hydrogen (secondary N) is 1. The van der Waals surface area contributed by atoms with E-state index in [-0.39, 0.29) is 4.90 Å². The SMILES string of the molecule is COc1ccc(OC)c(-c2cc(-c3ccc(Cl)cc3)nn2NS(=O)(=O)c2ccccc2)c1. The maximum absolute atomic E-state index is 13.0. The van der Waals surface area contributed by atoms with Gasteiger partial charge in [-0.25, -0.2) is 0 Å². The zero-order chi connectivity index (χ0) is 22.7. The Hall–Kier alpha value is -3.49. The first-order valence-electron chi connectivity index (χ1n) is 9.57. The van der Waals surface area contributed by atoms with Gasteiger partial charge >= 0.3 is 0 Å². The summed E-state index contributed by atoms with van der Waals surface area (Å²) in [5.74, 6) is 1.13. The smallest absolute Gasteiger partial charge is 0.276 e. The van der Waals surface area contributed by atoms with Crippen molar-refractivity contribution in [2.75, 3.05) is 19.1 Å². The Balaban J connectivity index is 1.88. The van der Waals surface area contributed by atoms with Crippen molar-refractivity contribution in [2.45, 2.75) is 4.90 Å². The van der Waals surface area contributed by atoms with E-state index in [1.54, 1.807) is 68.8 Å². The van der Waals surface area contributed by atoms with Crippen molar-refractivity contribution in [3.8, 4) is 34.0 Å². The molecular weight excluding hydrogens is 450 g/mol. The molecular formula is C23H20ClN3O4S. The molecule has 32 heavy (non-hydrogen) atoms. The molecule has 9 heteroatoms. The fraction of sp³-hybridized carbons (Fsp3) is 0.0870. The van der Waals surface area contributed by atoms with Crippen molar-refractivity contribution in [1.82, 2.24) is 9.89 Å². The van der Waals surface area contributed by atoms with Gasteiger partial charge in [0.1, 0.15) is 11.5 Å². The largest absolute Gasteiger partial charge is 0.497 e. The number of halogens is 1. The Bertz CT molecular complexity index is 1340. The average molecular weight is 470 g/mol. The first-order chi connectivity index (χ1) is 15.4. The molecule has 7 nitrogen and oxygen atoms in total. The predicted molar refractivity (Wildman–Crippen MR) is 124 cm³/mol. The molecule has 0 aliphatic heterocycles. The van der Waals surface area contributed by atoms with Gasteiger partial charge in [0.2, 0.25) is 0 Å². The van der Waals surface area contributed by atoms with Crippen LogP contribution in [0.15, 0.2) is 83.8 Å². The van der Waals surface area contributed by atoms with Crippen molar-refractivity contribution in [1.29, 1.82) is 0 Å². The summed E-state index contributed by atoms with van der Waals surface area (Å²) in [5, 5.41) is 5.11. The van der Waals surface area contributed by atoms with Crippen LogP contribution in [0.2, 0.25) is 5.02 Å². The highest BCUT2D eigenvalue weighted by molar-refractivity contribution is 7.92. The fourth-order valence-corrected chi connectivity index (χ4v) is 4.30. The first kappa shape index (κ1) is 21.7. The topological polar surface area (TPSA) is 82.4 Å². The third-order valence-corrected chi connectivity index (χ3v) is 6.35. The van der Waals surface area contributed by atoms with Crippen LogP contribution in [-0.2, 0) is 10.0 Å². The number of sulfonamides is 1. The monoisotopic (exact) mass is 469 g/mol. The molecule has 1 N–H and O–H groups in total. The highest BCUT2D eigenvalue weighted by Gasteiger charge is 2.21. The summed E-state index contributed by atoms with van der Waals surface area (Å²) in [6.45, 7) is 0. The Morgan fingerprint density at radius 3 is 2.28 bits per heavy atom. The number of nitrogens with zero attached hydrogens (tertiary/aromatic N) is 2. The van der Waals surface area contributed by atoms with Crippen molar-refractivity contribution in [3.63, 3.8) is 0 Å². The molecule has 1 aromatic heterocycles. The second-order valence-corrected chi connectivity index (χ2v) is 8.90. The molecule has 0 aliphatic rings. The van der Waals surface area contributed by atoms with Crippen molar-refractivity contribution in [2.24, 2.45) is 0 Å². The number of methoxy groups -OCH3 is 2. The van der Waals surface area contributed by atoms with Gasteiger partial charge in [0, 0.05) is 16.1 Å². The number of ether oxygens (including phenoxy) is 2. The molecule has 0 radical (unpaired) electrons. The fourth-order valence-electron chi connectivity index (χ4n) is 3.18. The van der Waals surface area contributed by atoms with E-state index in [9.17, 15) is 8.42 Å². The average Bonchev–Trinajstić information content (AvgIpc) is 3.22. The predicted octanol–water partition coefficient (Wildman–Crippen LogP) is 4.82. The number of hydrogen-bond donors (Lipinski definition) is 1. The Kier molecular flexibility index (Phi) is 6.07. The van der Waals surface area contributed by atoms with Crippen LogP contribution in [0.25, 0.3) is 22.5 Å². The van der Waals surface area contributed by atoms with E-state index in [4.69, 9.17) is 21.1 Å². The van der Waals surface area contributed by atoms with Gasteiger partial charge in [-0.3, -0.25) is 0 Å². The van der Waals surface area contributed by atoms with Gasteiger partial charge in [0.05, 0.1) is 30.5 Å². The second kappa shape index (κ2) is 8.94. The molecule has 4 rings (SSSR count).